The summed E-state index contributed by atoms with van der Waals surface area (Å²) in [4.78, 5) is 42.4. The number of aliphatic hydroxyl groups is 3. The third-order valence-electron chi connectivity index (χ3n) is 9.96. The average Bonchev–Trinajstić information content (AvgIpc) is 4.02. The second kappa shape index (κ2) is 16.3. The van der Waals surface area contributed by atoms with Crippen molar-refractivity contribution in [3.05, 3.63) is 108 Å². The molecule has 0 aliphatic carbocycles. The Bertz CT molecular complexity index is 2680. The van der Waals surface area contributed by atoms with E-state index in [0.717, 1.165) is 17.5 Å². The van der Waals surface area contributed by atoms with E-state index in [1.807, 2.05) is 24.3 Å². The lowest BCUT2D eigenvalue weighted by atomic mass is 10.1. The number of H-pyrrole nitrogens is 2. The summed E-state index contributed by atoms with van der Waals surface area (Å²) < 4.78 is 30.8. The van der Waals surface area contributed by atoms with Gasteiger partial charge in [-0.2, -0.15) is 0 Å². The zero-order valence-corrected chi connectivity index (χ0v) is 33.6. The lowest BCUT2D eigenvalue weighted by molar-refractivity contribution is -0.159. The fraction of sp³-hybridized carbons (Fsp3) is 0.190. The Balaban J connectivity index is 0.000000184. The first-order chi connectivity index (χ1) is 29.3. The molecule has 0 saturated carbocycles. The number of ether oxygens (including phenoxy) is 6. The van der Waals surface area contributed by atoms with E-state index in [-0.39, 0.29) is 45.9 Å². The molecule has 19 nitrogen and oxygen atoms in total. The number of nitrogens with one attached hydrogen (secondary N) is 4. The van der Waals surface area contributed by atoms with Gasteiger partial charge < -0.3 is 58.6 Å². The van der Waals surface area contributed by atoms with E-state index < -0.39 is 29.5 Å². The van der Waals surface area contributed by atoms with Crippen LogP contribution in [0.15, 0.2) is 96.4 Å². The van der Waals surface area contributed by atoms with Gasteiger partial charge in [-0.15, -0.1) is 0 Å². The molecule has 7 N–H and O–H groups in total. The molecule has 4 heterocycles. The van der Waals surface area contributed by atoms with E-state index in [1.165, 1.54) is 52.6 Å². The number of aromatic amines is 2. The predicted octanol–water partition coefficient (Wildman–Crippen LogP) is 5.10. The van der Waals surface area contributed by atoms with Gasteiger partial charge in [0.25, 0.3) is 0 Å². The minimum atomic E-state index is -2.70. The lowest BCUT2D eigenvalue weighted by Gasteiger charge is -2.32. The van der Waals surface area contributed by atoms with Gasteiger partial charge in [0.2, 0.25) is 0 Å². The van der Waals surface area contributed by atoms with Gasteiger partial charge in [0, 0.05) is 36.4 Å². The van der Waals surface area contributed by atoms with Crippen molar-refractivity contribution in [2.45, 2.75) is 11.8 Å². The second-order valence-corrected chi connectivity index (χ2v) is 13.3. The Hall–Kier alpha value is -8.06. The van der Waals surface area contributed by atoms with Crippen LogP contribution in [-0.2, 0) is 19.1 Å². The molecule has 8 rings (SSSR count). The number of amidine groups is 2. The summed E-state index contributed by atoms with van der Waals surface area (Å²) in [5.74, 6) is -1.46. The van der Waals surface area contributed by atoms with Gasteiger partial charge in [-0.05, 0) is 24.3 Å². The Morgan fingerprint density at radius 1 is 0.656 bits per heavy atom. The molecule has 2 unspecified atom stereocenters. The number of esters is 2. The van der Waals surface area contributed by atoms with E-state index in [1.54, 1.807) is 48.5 Å². The van der Waals surface area contributed by atoms with Crippen molar-refractivity contribution >= 4 is 68.2 Å². The summed E-state index contributed by atoms with van der Waals surface area (Å²) in [7, 11) is 8.18. The number of anilines is 2. The molecule has 2 aromatic heterocycles. The number of fused-ring (bicyclic) bond motifs is 2. The van der Waals surface area contributed by atoms with Crippen LogP contribution < -0.4 is 28.7 Å². The van der Waals surface area contributed by atoms with Gasteiger partial charge in [0.15, 0.2) is 11.8 Å². The van der Waals surface area contributed by atoms with E-state index in [9.17, 15) is 24.9 Å². The number of imidazole rings is 2. The summed E-state index contributed by atoms with van der Waals surface area (Å²) in [5.41, 5.74) is 0.526. The van der Waals surface area contributed by atoms with E-state index in [0.29, 0.717) is 45.2 Å². The number of rotatable bonds is 10. The molecular formula is C42H40N8O11. The number of hydrogen-bond donors (Lipinski definition) is 7. The molecule has 4 aromatic carbocycles. The largest absolute Gasteiger partial charge is 0.509 e. The van der Waals surface area contributed by atoms with Crippen molar-refractivity contribution in [3.63, 3.8) is 0 Å². The molecule has 314 valence electrons. The molecule has 6 aromatic rings. The van der Waals surface area contributed by atoms with Gasteiger partial charge in [-0.25, -0.2) is 19.6 Å². The Kier molecular flexibility index (Phi) is 11.0. The first-order valence-electron chi connectivity index (χ1n) is 18.2. The first kappa shape index (κ1) is 41.1. The Morgan fingerprint density at radius 3 is 1.56 bits per heavy atom. The second-order valence-electron chi connectivity index (χ2n) is 13.3. The molecule has 61 heavy (non-hydrogen) atoms. The molecule has 0 saturated heterocycles. The summed E-state index contributed by atoms with van der Waals surface area (Å²) in [6, 6.07) is 22.7. The van der Waals surface area contributed by atoms with Crippen molar-refractivity contribution in [3.8, 4) is 23.0 Å². The van der Waals surface area contributed by atoms with Gasteiger partial charge >= 0.3 is 17.7 Å². The molecule has 0 bridgehead atoms. The van der Waals surface area contributed by atoms with Crippen molar-refractivity contribution in [1.82, 2.24) is 19.9 Å². The van der Waals surface area contributed by atoms with Crippen molar-refractivity contribution in [2.24, 2.45) is 0 Å². The average molecular weight is 833 g/mol. The molecule has 0 radical (unpaired) electrons. The van der Waals surface area contributed by atoms with E-state index in [4.69, 9.17) is 39.2 Å². The monoisotopic (exact) mass is 832 g/mol. The van der Waals surface area contributed by atoms with E-state index in [2.05, 4.69) is 19.9 Å². The zero-order valence-electron chi connectivity index (χ0n) is 33.6. The number of aromatic nitrogens is 4. The predicted molar refractivity (Wildman–Crippen MR) is 224 cm³/mol. The normalized spacial score (nSPS) is 17.5. The van der Waals surface area contributed by atoms with Gasteiger partial charge in [-0.3, -0.25) is 15.7 Å². The summed E-state index contributed by atoms with van der Waals surface area (Å²) in [5, 5.41) is 50.7. The van der Waals surface area contributed by atoms with Crippen LogP contribution in [0.2, 0.25) is 0 Å². The summed E-state index contributed by atoms with van der Waals surface area (Å²) in [6.07, 6.45) is 0. The van der Waals surface area contributed by atoms with Gasteiger partial charge in [0.1, 0.15) is 57.7 Å². The minimum absolute atomic E-state index is 0.114. The van der Waals surface area contributed by atoms with Crippen LogP contribution in [0.4, 0.5) is 11.4 Å². The third kappa shape index (κ3) is 7.01. The molecule has 2 aliphatic heterocycles. The topological polar surface area (TPSA) is 262 Å². The maximum atomic E-state index is 12.6. The van der Waals surface area contributed by atoms with Crippen molar-refractivity contribution in [2.75, 3.05) is 52.5 Å². The number of para-hydroxylation sites is 4. The SMILES string of the molecule is COC(=O)C1(O)C(O)=C(c2nc3ccccc3[nH]2)C(=N)N1c1cc(OC)cc(OC)c1.COC(=O)C1C(O)=C(c2nc3ccccc3[nH]2)C(=N)N1c1cc(OC)cc(OC)c1. The third-order valence-corrected chi connectivity index (χ3v) is 9.96. The van der Waals surface area contributed by atoms with Crippen molar-refractivity contribution < 1.29 is 53.3 Å². The highest BCUT2D eigenvalue weighted by Gasteiger charge is 2.58. The van der Waals surface area contributed by atoms with Crippen LogP contribution in [-0.4, -0.2) is 113 Å². The quantitative estimate of drug-likeness (QED) is 0.0886. The lowest BCUT2D eigenvalue weighted by Crippen LogP contribution is -2.55. The van der Waals surface area contributed by atoms with Crippen molar-refractivity contribution in [1.29, 1.82) is 10.8 Å². The number of carbonyl (C=O) groups excluding carboxylic acids is 2. The van der Waals surface area contributed by atoms with Gasteiger partial charge in [0.05, 0.1) is 81.7 Å². The first-order valence-corrected chi connectivity index (χ1v) is 18.2. The highest BCUT2D eigenvalue weighted by atomic mass is 16.6. The molecule has 19 heteroatoms. The fourth-order valence-corrected chi connectivity index (χ4v) is 7.00. The molecule has 0 fully saturated rings. The van der Waals surface area contributed by atoms with Crippen LogP contribution in [0.25, 0.3) is 33.2 Å². The smallest absolute Gasteiger partial charge is 0.368 e. The maximum absolute atomic E-state index is 12.6. The molecule has 0 spiro atoms. The highest BCUT2D eigenvalue weighted by molar-refractivity contribution is 6.34. The van der Waals surface area contributed by atoms with Gasteiger partial charge in [-0.1, -0.05) is 24.3 Å². The van der Waals surface area contributed by atoms with Crippen LogP contribution >= 0.6 is 0 Å². The number of nitrogens with zero attached hydrogens (tertiary/aromatic N) is 4. The van der Waals surface area contributed by atoms with Crippen LogP contribution in [0.5, 0.6) is 23.0 Å². The Labute approximate surface area is 347 Å². The number of benzene rings is 4. The summed E-state index contributed by atoms with van der Waals surface area (Å²) >= 11 is 0. The zero-order chi connectivity index (χ0) is 43.7. The molecule has 2 aliphatic rings. The van der Waals surface area contributed by atoms with Crippen LogP contribution in [0.3, 0.4) is 0 Å². The Morgan fingerprint density at radius 2 is 1.11 bits per heavy atom. The molecule has 0 amide bonds. The number of methoxy groups -OCH3 is 6. The van der Waals surface area contributed by atoms with Crippen LogP contribution in [0, 0.1) is 10.8 Å². The summed E-state index contributed by atoms with van der Waals surface area (Å²) in [6.45, 7) is 0. The van der Waals surface area contributed by atoms with Crippen LogP contribution in [0.1, 0.15) is 11.6 Å². The number of aliphatic hydroxyl groups excluding tert-OH is 2. The number of carbonyl (C=O) groups is 2. The minimum Gasteiger partial charge on any atom is -0.509 e. The number of hydrogen-bond acceptors (Lipinski definition) is 15. The maximum Gasteiger partial charge on any atom is 0.368 e. The highest BCUT2D eigenvalue weighted by Crippen LogP contribution is 2.44. The van der Waals surface area contributed by atoms with E-state index >= 15 is 0 Å². The molecule has 2 atom stereocenters. The fourth-order valence-electron chi connectivity index (χ4n) is 7.00. The standard InChI is InChI=1S/C21H20N4O6.C21H20N4O5/c1-29-12-8-11(9-13(10-12)30-2)25-18(22)16(17(26)21(25,28)20(27)31-3)19-23-14-6-4-5-7-15(14)24-19;1-28-12-8-11(9-13(10-12)29-2)25-17(21(27)30-3)18(26)16(19(25)22)20-23-14-6-4-5-7-15(14)24-20/h4-10,22,26,28H,1-3H3,(H,23,24);4-10,17,22,26H,1-3H3,(H,23,24). The molecular weight excluding hydrogens is 793 g/mol.